The van der Waals surface area contributed by atoms with E-state index in [9.17, 15) is 53.1 Å². The molecule has 222 valence electrons. The van der Waals surface area contributed by atoms with E-state index in [0.29, 0.717) is 18.2 Å². The van der Waals surface area contributed by atoms with Crippen LogP contribution in [0.15, 0.2) is 72.8 Å². The number of hydrogen-bond donors (Lipinski definition) is 2. The zero-order valence-corrected chi connectivity index (χ0v) is 20.4. The first-order chi connectivity index (χ1) is 18.9. The second-order valence-electron chi connectivity index (χ2n) is 8.68. The second-order valence-corrected chi connectivity index (χ2v) is 8.68. The van der Waals surface area contributed by atoms with Crippen LogP contribution in [0.3, 0.4) is 0 Å². The topological polar surface area (TPSA) is 50.4 Å². The van der Waals surface area contributed by atoms with Crippen molar-refractivity contribution in [1.29, 1.82) is 0 Å². The van der Waals surface area contributed by atoms with E-state index in [1.165, 1.54) is 29.6 Å². The van der Waals surface area contributed by atoms with Crippen LogP contribution in [0.4, 0.5) is 53.1 Å². The van der Waals surface area contributed by atoms with E-state index < -0.39 is 72.1 Å². The van der Waals surface area contributed by atoms with Gasteiger partial charge in [0, 0.05) is 6.42 Å². The number of halogens is 11. The Morgan fingerprint density at radius 1 is 0.805 bits per heavy atom. The minimum absolute atomic E-state index is 0.269. The van der Waals surface area contributed by atoms with Gasteiger partial charge < -0.3 is 15.4 Å². The summed E-state index contributed by atoms with van der Waals surface area (Å²) < 4.78 is 150. The Bertz CT molecular complexity index is 1350. The highest BCUT2D eigenvalue weighted by molar-refractivity contribution is 5.76. The van der Waals surface area contributed by atoms with Crippen LogP contribution in [0, 0.1) is 5.82 Å². The molecule has 0 aromatic heterocycles. The third-order valence-electron chi connectivity index (χ3n) is 5.69. The van der Waals surface area contributed by atoms with Crippen molar-refractivity contribution in [2.24, 2.45) is 0 Å². The zero-order valence-electron chi connectivity index (χ0n) is 20.4. The lowest BCUT2D eigenvalue weighted by molar-refractivity contribution is -0.253. The van der Waals surface area contributed by atoms with Gasteiger partial charge in [-0.05, 0) is 41.0 Å². The summed E-state index contributed by atoms with van der Waals surface area (Å²) in [6, 6.07) is 10.9. The minimum Gasteiger partial charge on any atom is -0.428 e. The number of ether oxygens (including phenoxy) is 1. The predicted molar refractivity (Wildman–Crippen MR) is 123 cm³/mol. The van der Waals surface area contributed by atoms with Gasteiger partial charge in [0.05, 0.1) is 11.1 Å². The van der Waals surface area contributed by atoms with Crippen molar-refractivity contribution in [3.8, 4) is 5.75 Å². The maximum atomic E-state index is 14.2. The molecule has 3 aromatic rings. The lowest BCUT2D eigenvalue weighted by Gasteiger charge is -2.37. The molecular weight excluding hydrogens is 581 g/mol. The fourth-order valence-electron chi connectivity index (χ4n) is 3.91. The monoisotopic (exact) mass is 600 g/mol. The van der Waals surface area contributed by atoms with Crippen LogP contribution < -0.4 is 15.4 Å². The van der Waals surface area contributed by atoms with Gasteiger partial charge >= 0.3 is 30.9 Å². The third-order valence-corrected chi connectivity index (χ3v) is 5.69. The molecule has 0 unspecified atom stereocenters. The van der Waals surface area contributed by atoms with Crippen molar-refractivity contribution in [3.05, 3.63) is 101 Å². The smallest absolute Gasteiger partial charge is 0.428 e. The molecule has 0 saturated heterocycles. The van der Waals surface area contributed by atoms with Crippen molar-refractivity contribution in [1.82, 2.24) is 10.6 Å². The maximum absolute atomic E-state index is 14.2. The largest absolute Gasteiger partial charge is 0.461 e. The molecule has 2 N–H and O–H groups in total. The number of urea groups is 1. The van der Waals surface area contributed by atoms with Crippen LogP contribution in [0.25, 0.3) is 0 Å². The van der Waals surface area contributed by atoms with Crippen molar-refractivity contribution >= 4 is 6.03 Å². The number of alkyl halides is 10. The van der Waals surface area contributed by atoms with Crippen LogP contribution in [0.2, 0.25) is 0 Å². The summed E-state index contributed by atoms with van der Waals surface area (Å²) in [6.07, 6.45) is -20.0. The first-order valence-corrected chi connectivity index (χ1v) is 11.4. The van der Waals surface area contributed by atoms with E-state index in [2.05, 4.69) is 10.1 Å². The maximum Gasteiger partial charge on any atom is 0.461 e. The standard InChI is InChI=1S/C26H19F11N2O2/c27-20-10-9-17(12-19(20)25(33,34)35)23(13-15-5-2-1-3-6-15,39-22(40)38-14-24(30,31)32)16-7-4-8-18(11-16)41-26(36,37)21(28)29/h1-12,21H,13-14H2,(H2,38,39,40)/t23-/m0/s1. The SMILES string of the molecule is O=C(NCC(F)(F)F)N[C@@](Cc1ccccc1)(c1cccc(OC(F)(F)C(F)F)c1)c1ccc(F)c(C(F)(F)F)c1. The normalized spacial score (nSPS) is 14.0. The average molecular weight is 600 g/mol. The van der Waals surface area contributed by atoms with E-state index in [1.807, 2.05) is 0 Å². The Morgan fingerprint density at radius 2 is 1.44 bits per heavy atom. The molecular formula is C26H19F11N2O2. The molecule has 0 aliphatic heterocycles. The Kier molecular flexibility index (Phi) is 9.08. The first-order valence-electron chi connectivity index (χ1n) is 11.4. The number of benzene rings is 3. The first kappa shape index (κ1) is 31.5. The summed E-state index contributed by atoms with van der Waals surface area (Å²) in [6.45, 7) is -1.86. The van der Waals surface area contributed by atoms with Gasteiger partial charge in [-0.3, -0.25) is 0 Å². The van der Waals surface area contributed by atoms with Gasteiger partial charge in [-0.25, -0.2) is 9.18 Å². The second kappa shape index (κ2) is 11.8. The highest BCUT2D eigenvalue weighted by atomic mass is 19.4. The highest BCUT2D eigenvalue weighted by Crippen LogP contribution is 2.40. The third kappa shape index (κ3) is 8.01. The molecule has 0 saturated carbocycles. The number of carbonyl (C=O) groups excluding carboxylic acids is 1. The van der Waals surface area contributed by atoms with E-state index in [4.69, 9.17) is 0 Å². The van der Waals surface area contributed by atoms with Gasteiger partial charge in [0.15, 0.2) is 0 Å². The molecule has 0 radical (unpaired) electrons. The molecule has 4 nitrogen and oxygen atoms in total. The van der Waals surface area contributed by atoms with Crippen LogP contribution in [0.1, 0.15) is 22.3 Å². The molecule has 0 heterocycles. The van der Waals surface area contributed by atoms with Crippen molar-refractivity contribution in [2.75, 3.05) is 6.54 Å². The van der Waals surface area contributed by atoms with Crippen LogP contribution in [-0.4, -0.2) is 31.3 Å². The van der Waals surface area contributed by atoms with Crippen molar-refractivity contribution < 1.29 is 57.8 Å². The van der Waals surface area contributed by atoms with Crippen LogP contribution >= 0.6 is 0 Å². The molecule has 15 heteroatoms. The molecule has 0 fully saturated rings. The lowest BCUT2D eigenvalue weighted by atomic mass is 9.77. The van der Waals surface area contributed by atoms with Gasteiger partial charge in [0.1, 0.15) is 18.1 Å². The van der Waals surface area contributed by atoms with Crippen molar-refractivity contribution in [2.45, 2.75) is 36.8 Å². The summed E-state index contributed by atoms with van der Waals surface area (Å²) >= 11 is 0. The van der Waals surface area contributed by atoms with Crippen LogP contribution in [0.5, 0.6) is 5.75 Å². The van der Waals surface area contributed by atoms with Gasteiger partial charge in [-0.15, -0.1) is 0 Å². The number of carbonyl (C=O) groups is 1. The molecule has 0 aliphatic rings. The molecule has 0 aliphatic carbocycles. The van der Waals surface area contributed by atoms with Gasteiger partial charge in [-0.2, -0.15) is 43.9 Å². The Labute approximate surface area is 225 Å². The molecule has 0 bridgehead atoms. The summed E-state index contributed by atoms with van der Waals surface area (Å²) in [5, 5.41) is 3.67. The molecule has 3 aromatic carbocycles. The Hall–Kier alpha value is -4.04. The fourth-order valence-corrected chi connectivity index (χ4v) is 3.91. The molecule has 0 spiro atoms. The lowest BCUT2D eigenvalue weighted by Crippen LogP contribution is -2.53. The summed E-state index contributed by atoms with van der Waals surface area (Å²) in [5.74, 6) is -2.63. The van der Waals surface area contributed by atoms with Crippen molar-refractivity contribution in [3.63, 3.8) is 0 Å². The van der Waals surface area contributed by atoms with E-state index in [1.54, 1.807) is 6.07 Å². The van der Waals surface area contributed by atoms with E-state index in [0.717, 1.165) is 24.3 Å². The molecule has 41 heavy (non-hydrogen) atoms. The molecule has 3 rings (SSSR count). The predicted octanol–water partition coefficient (Wildman–Crippen LogP) is 7.43. The number of amides is 2. The summed E-state index contributed by atoms with van der Waals surface area (Å²) in [5.41, 5.74) is -4.75. The number of rotatable bonds is 9. The summed E-state index contributed by atoms with van der Waals surface area (Å²) in [7, 11) is 0. The Balaban J connectivity index is 2.29. The van der Waals surface area contributed by atoms with Gasteiger partial charge in [0.2, 0.25) is 0 Å². The average Bonchev–Trinajstić information content (AvgIpc) is 2.86. The molecule has 1 atom stereocenters. The summed E-state index contributed by atoms with van der Waals surface area (Å²) in [4.78, 5) is 12.7. The minimum atomic E-state index is -5.26. The number of hydrogen-bond acceptors (Lipinski definition) is 2. The van der Waals surface area contributed by atoms with E-state index >= 15 is 0 Å². The van der Waals surface area contributed by atoms with Gasteiger partial charge in [0.25, 0.3) is 0 Å². The fraction of sp³-hybridized carbons (Fsp3) is 0.269. The van der Waals surface area contributed by atoms with Crippen LogP contribution in [-0.2, 0) is 18.1 Å². The molecule has 2 amide bonds. The number of nitrogens with one attached hydrogen (secondary N) is 2. The zero-order chi connectivity index (χ0) is 30.6. The Morgan fingerprint density at radius 3 is 2.02 bits per heavy atom. The quantitative estimate of drug-likeness (QED) is 0.251. The van der Waals surface area contributed by atoms with E-state index in [-0.39, 0.29) is 11.1 Å². The highest BCUT2D eigenvalue weighted by Gasteiger charge is 2.45. The van der Waals surface area contributed by atoms with Gasteiger partial charge in [-0.1, -0.05) is 48.5 Å².